The number of hydrogen-bond acceptors (Lipinski definition) is 7. The summed E-state index contributed by atoms with van der Waals surface area (Å²) in [7, 11) is 0. The Labute approximate surface area is 183 Å². The van der Waals surface area contributed by atoms with E-state index in [9.17, 15) is 9.18 Å². The molecule has 0 fully saturated rings. The van der Waals surface area contributed by atoms with Crippen LogP contribution in [-0.4, -0.2) is 36.3 Å². The summed E-state index contributed by atoms with van der Waals surface area (Å²) in [6.07, 6.45) is 3.96. The van der Waals surface area contributed by atoms with Gasteiger partial charge in [-0.3, -0.25) is 9.97 Å². The van der Waals surface area contributed by atoms with Crippen LogP contribution >= 0.6 is 0 Å². The van der Waals surface area contributed by atoms with E-state index in [0.717, 1.165) is 5.56 Å². The zero-order chi connectivity index (χ0) is 22.7. The number of carbonyl (C=O) groups excluding carboxylic acids is 1. The molecule has 0 aliphatic heterocycles. The van der Waals surface area contributed by atoms with Crippen LogP contribution in [0.4, 0.5) is 9.18 Å². The van der Waals surface area contributed by atoms with Crippen molar-refractivity contribution >= 4 is 6.09 Å². The third-order valence-electron chi connectivity index (χ3n) is 4.77. The third kappa shape index (κ3) is 4.59. The number of rotatable bonds is 5. The molecule has 1 amide bonds. The number of ether oxygens (including phenoxy) is 1. The number of hydrogen-bond donors (Lipinski definition) is 1. The second-order valence-electron chi connectivity index (χ2n) is 7.22. The van der Waals surface area contributed by atoms with E-state index in [0.29, 0.717) is 28.3 Å². The van der Waals surface area contributed by atoms with E-state index in [-0.39, 0.29) is 11.6 Å². The van der Waals surface area contributed by atoms with Crippen molar-refractivity contribution in [3.63, 3.8) is 0 Å². The predicted octanol–water partition coefficient (Wildman–Crippen LogP) is 3.72. The van der Waals surface area contributed by atoms with E-state index in [2.05, 4.69) is 30.8 Å². The lowest BCUT2D eigenvalue weighted by Gasteiger charge is -2.15. The molecule has 4 aromatic rings. The highest BCUT2D eigenvalue weighted by molar-refractivity contribution is 5.74. The van der Waals surface area contributed by atoms with Gasteiger partial charge in [0.1, 0.15) is 11.6 Å². The molecule has 0 bridgehead atoms. The lowest BCUT2D eigenvalue weighted by atomic mass is 10.0. The van der Waals surface area contributed by atoms with Gasteiger partial charge in [0.05, 0.1) is 23.6 Å². The topological polar surface area (TPSA) is 108 Å². The summed E-state index contributed by atoms with van der Waals surface area (Å²) in [5.41, 5.74) is 2.79. The Kier molecular flexibility index (Phi) is 5.84. The maximum atomic E-state index is 14.7. The van der Waals surface area contributed by atoms with E-state index in [1.165, 1.54) is 10.7 Å². The maximum absolute atomic E-state index is 14.7. The van der Waals surface area contributed by atoms with E-state index < -0.39 is 12.1 Å². The van der Waals surface area contributed by atoms with Gasteiger partial charge in [0.2, 0.25) is 0 Å². The van der Waals surface area contributed by atoms with Crippen LogP contribution in [0, 0.1) is 19.7 Å². The molecule has 2 aromatic carbocycles. The number of benzene rings is 2. The van der Waals surface area contributed by atoms with E-state index >= 15 is 0 Å². The molecule has 162 valence electrons. The lowest BCUT2D eigenvalue weighted by Crippen LogP contribution is -2.30. The number of halogens is 1. The Morgan fingerprint density at radius 1 is 1.16 bits per heavy atom. The smallest absolute Gasteiger partial charge is 0.410 e. The molecule has 2 heterocycles. The van der Waals surface area contributed by atoms with Gasteiger partial charge in [-0.25, -0.2) is 9.18 Å². The average Bonchev–Trinajstić information content (AvgIpc) is 3.20. The normalized spacial score (nSPS) is 11.8. The number of amides is 1. The molecule has 0 spiro atoms. The molecule has 2 aromatic heterocycles. The quantitative estimate of drug-likeness (QED) is 0.511. The third-order valence-corrected chi connectivity index (χ3v) is 4.77. The first-order valence-corrected chi connectivity index (χ1v) is 9.82. The van der Waals surface area contributed by atoms with Crippen LogP contribution in [0.15, 0.2) is 55.0 Å². The number of aromatic nitrogens is 6. The van der Waals surface area contributed by atoms with Crippen molar-refractivity contribution < 1.29 is 13.9 Å². The minimum Gasteiger partial charge on any atom is -0.410 e. The minimum absolute atomic E-state index is 0.205. The van der Waals surface area contributed by atoms with Crippen LogP contribution < -0.4 is 10.1 Å². The largest absolute Gasteiger partial charge is 0.413 e. The molecule has 4 rings (SSSR count). The maximum Gasteiger partial charge on any atom is 0.413 e. The van der Waals surface area contributed by atoms with Gasteiger partial charge < -0.3 is 10.1 Å². The molecule has 9 nitrogen and oxygen atoms in total. The first-order chi connectivity index (χ1) is 15.4. The fourth-order valence-electron chi connectivity index (χ4n) is 3.17. The lowest BCUT2D eigenvalue weighted by molar-refractivity contribution is 0.196. The molecule has 0 aliphatic rings. The zero-order valence-electron chi connectivity index (χ0n) is 17.7. The summed E-state index contributed by atoms with van der Waals surface area (Å²) in [4.78, 5) is 20.7. The number of aryl methyl sites for hydroxylation is 2. The van der Waals surface area contributed by atoms with E-state index in [4.69, 9.17) is 4.74 Å². The van der Waals surface area contributed by atoms with Gasteiger partial charge in [-0.05, 0) is 60.5 Å². The van der Waals surface area contributed by atoms with Gasteiger partial charge in [-0.1, -0.05) is 12.1 Å². The molecule has 1 unspecified atom stereocenters. The van der Waals surface area contributed by atoms with E-state index in [1.807, 2.05) is 13.0 Å². The summed E-state index contributed by atoms with van der Waals surface area (Å²) in [5.74, 6) is 0.344. The molecule has 1 N–H and O–H groups in total. The first-order valence-electron chi connectivity index (χ1n) is 9.82. The van der Waals surface area contributed by atoms with Gasteiger partial charge in [0.25, 0.3) is 0 Å². The highest BCUT2D eigenvalue weighted by Crippen LogP contribution is 2.30. The van der Waals surface area contributed by atoms with Crippen molar-refractivity contribution in [3.8, 4) is 22.6 Å². The van der Waals surface area contributed by atoms with Crippen molar-refractivity contribution in [2.75, 3.05) is 0 Å². The van der Waals surface area contributed by atoms with Crippen molar-refractivity contribution in [2.24, 2.45) is 0 Å². The molecule has 0 aliphatic carbocycles. The summed E-state index contributed by atoms with van der Waals surface area (Å²) < 4.78 is 21.6. The number of nitrogens with one attached hydrogen (secondary N) is 1. The molecule has 0 radical (unpaired) electrons. The molecule has 32 heavy (non-hydrogen) atoms. The van der Waals surface area contributed by atoms with Crippen LogP contribution in [0.5, 0.6) is 5.75 Å². The predicted molar refractivity (Wildman–Crippen MR) is 114 cm³/mol. The van der Waals surface area contributed by atoms with Gasteiger partial charge in [-0.15, -0.1) is 5.10 Å². The molecular weight excluding hydrogens is 413 g/mol. The molecule has 1 atom stereocenters. The van der Waals surface area contributed by atoms with Crippen LogP contribution in [0.25, 0.3) is 16.8 Å². The minimum atomic E-state index is -0.691. The summed E-state index contributed by atoms with van der Waals surface area (Å²) in [6, 6.07) is 9.42. The Balaban J connectivity index is 1.66. The van der Waals surface area contributed by atoms with Crippen molar-refractivity contribution in [1.29, 1.82) is 0 Å². The summed E-state index contributed by atoms with van der Waals surface area (Å²) in [6.45, 7) is 5.30. The van der Waals surface area contributed by atoms with Crippen LogP contribution in [0.2, 0.25) is 0 Å². The van der Waals surface area contributed by atoms with E-state index in [1.54, 1.807) is 56.7 Å². The summed E-state index contributed by atoms with van der Waals surface area (Å²) in [5, 5.41) is 14.2. The number of tetrazole rings is 1. The van der Waals surface area contributed by atoms with Crippen LogP contribution in [0.3, 0.4) is 0 Å². The van der Waals surface area contributed by atoms with Gasteiger partial charge >= 0.3 is 6.09 Å². The monoisotopic (exact) mass is 433 g/mol. The fourth-order valence-corrected chi connectivity index (χ4v) is 3.17. The Bertz CT molecular complexity index is 1260. The second-order valence-corrected chi connectivity index (χ2v) is 7.22. The second kappa shape index (κ2) is 8.88. The zero-order valence-corrected chi connectivity index (χ0v) is 17.7. The fraction of sp³-hybridized carbons (Fsp3) is 0.182. The average molecular weight is 433 g/mol. The summed E-state index contributed by atoms with van der Waals surface area (Å²) >= 11 is 0. The van der Waals surface area contributed by atoms with Crippen molar-refractivity contribution in [1.82, 2.24) is 35.5 Å². The highest BCUT2D eigenvalue weighted by atomic mass is 19.1. The standard InChI is InChI=1S/C22H20FN7O2/c1-13-4-5-19(20(23)8-13)16-9-17(30-15(3)27-28-29-30)11-18(10-16)32-22(31)26-14(2)21-12-24-6-7-25-21/h4-12,14H,1-3H3,(H,26,31). The Morgan fingerprint density at radius 2 is 2.00 bits per heavy atom. The van der Waals surface area contributed by atoms with Crippen LogP contribution in [0.1, 0.15) is 30.0 Å². The van der Waals surface area contributed by atoms with Crippen molar-refractivity contribution in [3.05, 3.63) is 77.9 Å². The van der Waals surface area contributed by atoms with Gasteiger partial charge in [0, 0.05) is 24.0 Å². The molecular formula is C22H20FN7O2. The SMILES string of the molecule is Cc1ccc(-c2cc(OC(=O)NC(C)c3cnccn3)cc(-n3nnnc3C)c2)c(F)c1. The van der Waals surface area contributed by atoms with Gasteiger partial charge in [0.15, 0.2) is 5.82 Å². The Hall–Kier alpha value is -4.21. The van der Waals surface area contributed by atoms with Crippen molar-refractivity contribution in [2.45, 2.75) is 26.8 Å². The number of nitrogens with zero attached hydrogens (tertiary/aromatic N) is 6. The molecule has 0 saturated heterocycles. The number of carbonyl (C=O) groups is 1. The van der Waals surface area contributed by atoms with Crippen LogP contribution in [-0.2, 0) is 0 Å². The highest BCUT2D eigenvalue weighted by Gasteiger charge is 2.16. The molecule has 10 heteroatoms. The first kappa shape index (κ1) is 21.0. The Morgan fingerprint density at radius 3 is 2.69 bits per heavy atom. The van der Waals surface area contributed by atoms with Gasteiger partial charge in [-0.2, -0.15) is 4.68 Å². The molecule has 0 saturated carbocycles.